The number of carbonyl (C=O) groups is 2. The Morgan fingerprint density at radius 1 is 1.24 bits per heavy atom. The standard InChI is InChI=1S/C15H11ClN2O3/c16-12-5-6-13(17-9-12)18-15(21)11-3-1-2-10(8-11)4-7-14(19)20/h1-9H,(H,19,20)(H,17,18,21). The van der Waals surface area contributed by atoms with Crippen molar-refractivity contribution in [2.24, 2.45) is 0 Å². The van der Waals surface area contributed by atoms with Crippen LogP contribution in [0.5, 0.6) is 0 Å². The van der Waals surface area contributed by atoms with Gasteiger partial charge >= 0.3 is 5.97 Å². The summed E-state index contributed by atoms with van der Waals surface area (Å²) in [5.74, 6) is -0.999. The lowest BCUT2D eigenvalue weighted by atomic mass is 10.1. The zero-order chi connectivity index (χ0) is 15.2. The predicted octanol–water partition coefficient (Wildman–Crippen LogP) is 3.09. The number of hydrogen-bond acceptors (Lipinski definition) is 3. The van der Waals surface area contributed by atoms with Crippen LogP contribution in [0.4, 0.5) is 5.82 Å². The molecule has 0 radical (unpaired) electrons. The number of carbonyl (C=O) groups excluding carboxylic acids is 1. The van der Waals surface area contributed by atoms with Gasteiger partial charge in [0.1, 0.15) is 5.82 Å². The summed E-state index contributed by atoms with van der Waals surface area (Å²) in [6, 6.07) is 9.81. The number of rotatable bonds is 4. The molecule has 0 saturated carbocycles. The summed E-state index contributed by atoms with van der Waals surface area (Å²) in [6.07, 6.45) is 3.86. The summed E-state index contributed by atoms with van der Waals surface area (Å²) in [6.45, 7) is 0. The second-order valence-corrected chi connectivity index (χ2v) is 4.55. The summed E-state index contributed by atoms with van der Waals surface area (Å²) in [5, 5.41) is 11.7. The van der Waals surface area contributed by atoms with Crippen LogP contribution < -0.4 is 5.32 Å². The highest BCUT2D eigenvalue weighted by Gasteiger charge is 2.07. The third-order valence-electron chi connectivity index (χ3n) is 2.54. The number of halogens is 1. The number of carboxylic acids is 1. The molecule has 1 aromatic carbocycles. The SMILES string of the molecule is O=C(O)C=Cc1cccc(C(=O)Nc2ccc(Cl)cn2)c1. The molecule has 1 amide bonds. The molecule has 0 aliphatic heterocycles. The van der Waals surface area contributed by atoms with Crippen LogP contribution in [0, 0.1) is 0 Å². The minimum atomic E-state index is -1.05. The summed E-state index contributed by atoms with van der Waals surface area (Å²) >= 11 is 5.72. The van der Waals surface area contributed by atoms with E-state index in [9.17, 15) is 9.59 Å². The maximum absolute atomic E-state index is 12.1. The molecule has 5 nitrogen and oxygen atoms in total. The Balaban J connectivity index is 2.14. The normalized spacial score (nSPS) is 10.5. The topological polar surface area (TPSA) is 79.3 Å². The summed E-state index contributed by atoms with van der Waals surface area (Å²) in [4.78, 5) is 26.5. The van der Waals surface area contributed by atoms with Gasteiger partial charge in [0.05, 0.1) is 5.02 Å². The summed E-state index contributed by atoms with van der Waals surface area (Å²) in [5.41, 5.74) is 1.02. The molecule has 2 aromatic rings. The van der Waals surface area contributed by atoms with Crippen LogP contribution in [0.15, 0.2) is 48.7 Å². The molecular weight excluding hydrogens is 292 g/mol. The lowest BCUT2D eigenvalue weighted by molar-refractivity contribution is -0.131. The highest BCUT2D eigenvalue weighted by atomic mass is 35.5. The van der Waals surface area contributed by atoms with Gasteiger partial charge in [-0.05, 0) is 35.9 Å². The van der Waals surface area contributed by atoms with E-state index in [4.69, 9.17) is 16.7 Å². The highest BCUT2D eigenvalue weighted by molar-refractivity contribution is 6.30. The number of benzene rings is 1. The van der Waals surface area contributed by atoms with Crippen LogP contribution in [0.2, 0.25) is 5.02 Å². The van der Waals surface area contributed by atoms with Gasteiger partial charge in [0.25, 0.3) is 5.91 Å². The fourth-order valence-corrected chi connectivity index (χ4v) is 1.70. The molecule has 0 unspecified atom stereocenters. The number of nitrogens with one attached hydrogen (secondary N) is 1. The van der Waals surface area contributed by atoms with Gasteiger partial charge in [0.15, 0.2) is 0 Å². The van der Waals surface area contributed by atoms with Crippen LogP contribution in [-0.2, 0) is 4.79 Å². The van der Waals surface area contributed by atoms with Crippen molar-refractivity contribution >= 4 is 35.4 Å². The smallest absolute Gasteiger partial charge is 0.328 e. The third kappa shape index (κ3) is 4.43. The van der Waals surface area contributed by atoms with E-state index < -0.39 is 5.97 Å². The van der Waals surface area contributed by atoms with Gasteiger partial charge in [0.2, 0.25) is 0 Å². The Morgan fingerprint density at radius 2 is 2.05 bits per heavy atom. The van der Waals surface area contributed by atoms with E-state index in [1.807, 2.05) is 0 Å². The Kier molecular flexibility index (Phi) is 4.68. The van der Waals surface area contributed by atoms with E-state index in [1.165, 1.54) is 12.3 Å². The van der Waals surface area contributed by atoms with Crippen LogP contribution in [0.25, 0.3) is 6.08 Å². The number of anilines is 1. The van der Waals surface area contributed by atoms with Crippen molar-refractivity contribution in [3.05, 3.63) is 64.8 Å². The number of amides is 1. The van der Waals surface area contributed by atoms with E-state index in [0.717, 1.165) is 6.08 Å². The van der Waals surface area contributed by atoms with E-state index in [-0.39, 0.29) is 5.91 Å². The van der Waals surface area contributed by atoms with Crippen molar-refractivity contribution in [1.29, 1.82) is 0 Å². The zero-order valence-electron chi connectivity index (χ0n) is 10.8. The lowest BCUT2D eigenvalue weighted by Crippen LogP contribution is -2.12. The fourth-order valence-electron chi connectivity index (χ4n) is 1.59. The van der Waals surface area contributed by atoms with Crippen molar-refractivity contribution in [2.45, 2.75) is 0 Å². The molecule has 0 bridgehead atoms. The zero-order valence-corrected chi connectivity index (χ0v) is 11.5. The Morgan fingerprint density at radius 3 is 2.71 bits per heavy atom. The van der Waals surface area contributed by atoms with Gasteiger partial charge in [-0.3, -0.25) is 4.79 Å². The second kappa shape index (κ2) is 6.67. The molecule has 106 valence electrons. The van der Waals surface area contributed by atoms with Crippen LogP contribution >= 0.6 is 11.6 Å². The average Bonchev–Trinajstić information content (AvgIpc) is 2.48. The predicted molar refractivity (Wildman–Crippen MR) is 80.3 cm³/mol. The minimum absolute atomic E-state index is 0.338. The molecule has 0 aliphatic carbocycles. The Labute approximate surface area is 125 Å². The monoisotopic (exact) mass is 302 g/mol. The molecule has 2 N–H and O–H groups in total. The molecule has 21 heavy (non-hydrogen) atoms. The van der Waals surface area contributed by atoms with E-state index >= 15 is 0 Å². The van der Waals surface area contributed by atoms with Gasteiger partial charge < -0.3 is 10.4 Å². The van der Waals surface area contributed by atoms with E-state index in [2.05, 4.69) is 10.3 Å². The first-order chi connectivity index (χ1) is 10.0. The molecule has 1 heterocycles. The Bertz CT molecular complexity index is 696. The van der Waals surface area contributed by atoms with Crippen molar-refractivity contribution in [1.82, 2.24) is 4.98 Å². The van der Waals surface area contributed by atoms with Crippen molar-refractivity contribution < 1.29 is 14.7 Å². The minimum Gasteiger partial charge on any atom is -0.478 e. The third-order valence-corrected chi connectivity index (χ3v) is 2.76. The molecular formula is C15H11ClN2O3. The van der Waals surface area contributed by atoms with Crippen LogP contribution in [0.1, 0.15) is 15.9 Å². The lowest BCUT2D eigenvalue weighted by Gasteiger charge is -2.05. The van der Waals surface area contributed by atoms with Gasteiger partial charge in [0, 0.05) is 17.8 Å². The molecule has 6 heteroatoms. The van der Waals surface area contributed by atoms with Gasteiger partial charge in [-0.15, -0.1) is 0 Å². The number of carboxylic acid groups (broad SMARTS) is 1. The summed E-state index contributed by atoms with van der Waals surface area (Å²) < 4.78 is 0. The summed E-state index contributed by atoms with van der Waals surface area (Å²) in [7, 11) is 0. The van der Waals surface area contributed by atoms with Crippen molar-refractivity contribution in [3.8, 4) is 0 Å². The molecule has 0 aliphatic rings. The maximum Gasteiger partial charge on any atom is 0.328 e. The van der Waals surface area contributed by atoms with Gasteiger partial charge in [-0.1, -0.05) is 23.7 Å². The number of nitrogens with zero attached hydrogens (tertiary/aromatic N) is 1. The first-order valence-corrected chi connectivity index (χ1v) is 6.36. The number of aromatic nitrogens is 1. The first kappa shape index (κ1) is 14.7. The molecule has 0 fully saturated rings. The molecule has 0 atom stereocenters. The highest BCUT2D eigenvalue weighted by Crippen LogP contribution is 2.12. The van der Waals surface area contributed by atoms with E-state index in [0.29, 0.717) is 22.0 Å². The molecule has 1 aromatic heterocycles. The first-order valence-electron chi connectivity index (χ1n) is 5.98. The quantitative estimate of drug-likeness (QED) is 0.851. The average molecular weight is 303 g/mol. The Hall–Kier alpha value is -2.66. The number of aliphatic carboxylic acids is 1. The maximum atomic E-state index is 12.1. The molecule has 0 saturated heterocycles. The largest absolute Gasteiger partial charge is 0.478 e. The van der Waals surface area contributed by atoms with E-state index in [1.54, 1.807) is 36.4 Å². The van der Waals surface area contributed by atoms with Crippen molar-refractivity contribution in [2.75, 3.05) is 5.32 Å². The number of pyridine rings is 1. The van der Waals surface area contributed by atoms with Gasteiger partial charge in [-0.2, -0.15) is 0 Å². The molecule has 0 spiro atoms. The van der Waals surface area contributed by atoms with Crippen molar-refractivity contribution in [3.63, 3.8) is 0 Å². The van der Waals surface area contributed by atoms with Crippen LogP contribution in [-0.4, -0.2) is 22.0 Å². The van der Waals surface area contributed by atoms with Crippen LogP contribution in [0.3, 0.4) is 0 Å². The molecule has 2 rings (SSSR count). The second-order valence-electron chi connectivity index (χ2n) is 4.11. The van der Waals surface area contributed by atoms with Gasteiger partial charge in [-0.25, -0.2) is 9.78 Å². The fraction of sp³-hybridized carbons (Fsp3) is 0. The number of hydrogen-bond donors (Lipinski definition) is 2.